The van der Waals surface area contributed by atoms with Crippen LogP contribution in [-0.2, 0) is 4.74 Å². The predicted molar refractivity (Wildman–Crippen MR) is 67.4 cm³/mol. The zero-order valence-electron chi connectivity index (χ0n) is 10.6. The maximum atomic E-state index is 11.8. The Morgan fingerprint density at radius 1 is 1.28 bits per heavy atom. The van der Waals surface area contributed by atoms with Crippen molar-refractivity contribution in [1.29, 1.82) is 0 Å². The summed E-state index contributed by atoms with van der Waals surface area (Å²) in [5, 5.41) is 0.792. The third-order valence-corrected chi connectivity index (χ3v) is 2.64. The second-order valence-electron chi connectivity index (χ2n) is 3.67. The summed E-state index contributed by atoms with van der Waals surface area (Å²) in [6.07, 6.45) is 0. The van der Waals surface area contributed by atoms with Gasteiger partial charge in [0.05, 0.1) is 26.3 Å². The number of esters is 1. The van der Waals surface area contributed by atoms with Gasteiger partial charge in [0, 0.05) is 5.39 Å². The van der Waals surface area contributed by atoms with Gasteiger partial charge in [-0.05, 0) is 25.1 Å². The smallest absolute Gasteiger partial charge is 0.358 e. The fourth-order valence-electron chi connectivity index (χ4n) is 1.83. The van der Waals surface area contributed by atoms with Crippen LogP contribution >= 0.6 is 0 Å². The van der Waals surface area contributed by atoms with Crippen LogP contribution in [0.25, 0.3) is 10.9 Å². The maximum Gasteiger partial charge on any atom is 0.358 e. The molecule has 1 N–H and O–H groups in total. The van der Waals surface area contributed by atoms with E-state index in [1.165, 1.54) is 7.11 Å². The van der Waals surface area contributed by atoms with Crippen molar-refractivity contribution in [1.82, 2.24) is 4.98 Å². The number of ether oxygens (including phenoxy) is 3. The van der Waals surface area contributed by atoms with Gasteiger partial charge in [0.1, 0.15) is 5.75 Å². The Hall–Kier alpha value is -2.17. The van der Waals surface area contributed by atoms with E-state index in [1.807, 2.05) is 18.2 Å². The van der Waals surface area contributed by atoms with Crippen LogP contribution in [0.4, 0.5) is 0 Å². The number of rotatable bonds is 4. The summed E-state index contributed by atoms with van der Waals surface area (Å²) >= 11 is 0. The molecule has 0 spiro atoms. The number of aromatic amines is 1. The highest BCUT2D eigenvalue weighted by molar-refractivity contribution is 6.01. The van der Waals surface area contributed by atoms with Crippen LogP contribution in [-0.4, -0.2) is 31.8 Å². The van der Waals surface area contributed by atoms with Crippen molar-refractivity contribution in [2.24, 2.45) is 0 Å². The molecule has 0 fully saturated rings. The number of fused-ring (bicyclic) bond motifs is 1. The Morgan fingerprint density at radius 3 is 2.67 bits per heavy atom. The molecule has 2 rings (SSSR count). The number of H-pyrrole nitrogens is 1. The zero-order valence-corrected chi connectivity index (χ0v) is 10.6. The lowest BCUT2D eigenvalue weighted by molar-refractivity contribution is 0.0517. The molecule has 1 aromatic heterocycles. The van der Waals surface area contributed by atoms with E-state index < -0.39 is 5.97 Å². The largest absolute Gasteiger partial charge is 0.497 e. The number of hydrogen-bond acceptors (Lipinski definition) is 4. The molecule has 5 nitrogen and oxygen atoms in total. The molecule has 0 bridgehead atoms. The molecule has 0 aliphatic heterocycles. The molecular weight excluding hydrogens is 234 g/mol. The van der Waals surface area contributed by atoms with Gasteiger partial charge in [-0.15, -0.1) is 0 Å². The average molecular weight is 249 g/mol. The van der Waals surface area contributed by atoms with E-state index in [0.29, 0.717) is 23.8 Å². The molecule has 18 heavy (non-hydrogen) atoms. The van der Waals surface area contributed by atoms with E-state index >= 15 is 0 Å². The van der Waals surface area contributed by atoms with Crippen molar-refractivity contribution in [2.45, 2.75) is 6.92 Å². The molecule has 0 aliphatic rings. The summed E-state index contributed by atoms with van der Waals surface area (Å²) in [6, 6.07) is 5.46. The normalized spacial score (nSPS) is 10.4. The second-order valence-corrected chi connectivity index (χ2v) is 3.67. The number of methoxy groups -OCH3 is 2. The van der Waals surface area contributed by atoms with Crippen molar-refractivity contribution >= 4 is 16.9 Å². The fourth-order valence-corrected chi connectivity index (χ4v) is 1.83. The number of carbonyl (C=O) groups excluding carboxylic acids is 1. The molecule has 0 saturated heterocycles. The van der Waals surface area contributed by atoms with Gasteiger partial charge >= 0.3 is 5.97 Å². The van der Waals surface area contributed by atoms with Crippen molar-refractivity contribution in [3.8, 4) is 11.5 Å². The lowest BCUT2D eigenvalue weighted by Crippen LogP contribution is -2.06. The van der Waals surface area contributed by atoms with Gasteiger partial charge in [-0.1, -0.05) is 0 Å². The topological polar surface area (TPSA) is 60.6 Å². The minimum absolute atomic E-state index is 0.320. The van der Waals surface area contributed by atoms with E-state index in [4.69, 9.17) is 14.2 Å². The first-order valence-electron chi connectivity index (χ1n) is 5.62. The van der Waals surface area contributed by atoms with Crippen molar-refractivity contribution in [3.05, 3.63) is 23.9 Å². The van der Waals surface area contributed by atoms with Crippen molar-refractivity contribution in [2.75, 3.05) is 20.8 Å². The van der Waals surface area contributed by atoms with Crippen LogP contribution in [0.15, 0.2) is 18.2 Å². The molecule has 2 aromatic rings. The molecule has 1 heterocycles. The monoisotopic (exact) mass is 249 g/mol. The molecule has 0 radical (unpaired) electrons. The Morgan fingerprint density at radius 2 is 2.06 bits per heavy atom. The molecule has 0 unspecified atom stereocenters. The lowest BCUT2D eigenvalue weighted by atomic mass is 10.2. The van der Waals surface area contributed by atoms with Crippen LogP contribution < -0.4 is 9.47 Å². The summed E-state index contributed by atoms with van der Waals surface area (Å²) in [6.45, 7) is 2.08. The van der Waals surface area contributed by atoms with Gasteiger partial charge in [0.15, 0.2) is 11.4 Å². The molecule has 1 aromatic carbocycles. The lowest BCUT2D eigenvalue weighted by Gasteiger charge is -2.03. The summed E-state index contributed by atoms with van der Waals surface area (Å²) in [4.78, 5) is 14.8. The van der Waals surface area contributed by atoms with Crippen LogP contribution in [0.3, 0.4) is 0 Å². The minimum Gasteiger partial charge on any atom is -0.497 e. The van der Waals surface area contributed by atoms with E-state index in [0.717, 1.165) is 10.9 Å². The number of nitrogens with one attached hydrogen (secondary N) is 1. The highest BCUT2D eigenvalue weighted by Gasteiger charge is 2.19. The average Bonchev–Trinajstić information content (AvgIpc) is 2.76. The predicted octanol–water partition coefficient (Wildman–Crippen LogP) is 2.36. The molecule has 0 aliphatic carbocycles. The van der Waals surface area contributed by atoms with Crippen molar-refractivity contribution < 1.29 is 19.0 Å². The zero-order chi connectivity index (χ0) is 13.1. The van der Waals surface area contributed by atoms with Crippen LogP contribution in [0.2, 0.25) is 0 Å². The summed E-state index contributed by atoms with van der Waals surface area (Å²) in [5.74, 6) is 0.752. The van der Waals surface area contributed by atoms with Gasteiger partial charge in [-0.25, -0.2) is 4.79 Å². The summed E-state index contributed by atoms with van der Waals surface area (Å²) in [5.41, 5.74) is 1.12. The van der Waals surface area contributed by atoms with E-state index in [-0.39, 0.29) is 0 Å². The van der Waals surface area contributed by atoms with E-state index in [9.17, 15) is 4.79 Å². The van der Waals surface area contributed by atoms with Gasteiger partial charge in [-0.2, -0.15) is 0 Å². The SMILES string of the molecule is CCOC(=O)c1[nH]c2ccc(OC)cc2c1OC. The Kier molecular flexibility index (Phi) is 3.41. The molecule has 96 valence electrons. The Balaban J connectivity index is 2.57. The second kappa shape index (κ2) is 5.00. The van der Waals surface area contributed by atoms with Crippen molar-refractivity contribution in [3.63, 3.8) is 0 Å². The molecule has 0 amide bonds. The standard InChI is InChI=1S/C13H15NO4/c1-4-18-13(15)11-12(17-3)9-7-8(16-2)5-6-10(9)14-11/h5-7,14H,4H2,1-3H3. The minimum atomic E-state index is -0.426. The quantitative estimate of drug-likeness (QED) is 0.845. The summed E-state index contributed by atoms with van der Waals surface area (Å²) in [7, 11) is 3.11. The maximum absolute atomic E-state index is 11.8. The van der Waals surface area contributed by atoms with Crippen LogP contribution in [0.1, 0.15) is 17.4 Å². The number of aromatic nitrogens is 1. The highest BCUT2D eigenvalue weighted by atomic mass is 16.5. The van der Waals surface area contributed by atoms with E-state index in [1.54, 1.807) is 14.0 Å². The van der Waals surface area contributed by atoms with Gasteiger partial charge in [0.2, 0.25) is 0 Å². The first kappa shape index (κ1) is 12.3. The number of carbonyl (C=O) groups is 1. The third-order valence-electron chi connectivity index (χ3n) is 2.64. The Bertz CT molecular complexity index is 574. The molecule has 0 saturated carbocycles. The summed E-state index contributed by atoms with van der Waals surface area (Å²) < 4.78 is 15.4. The fraction of sp³-hybridized carbons (Fsp3) is 0.308. The Labute approximate surface area is 105 Å². The van der Waals surface area contributed by atoms with Crippen LogP contribution in [0, 0.1) is 0 Å². The first-order chi connectivity index (χ1) is 8.71. The highest BCUT2D eigenvalue weighted by Crippen LogP contribution is 2.32. The molecule has 0 atom stereocenters. The first-order valence-corrected chi connectivity index (χ1v) is 5.62. The van der Waals surface area contributed by atoms with Gasteiger partial charge < -0.3 is 19.2 Å². The third kappa shape index (κ3) is 1.99. The van der Waals surface area contributed by atoms with Crippen LogP contribution in [0.5, 0.6) is 11.5 Å². The van der Waals surface area contributed by atoms with E-state index in [2.05, 4.69) is 4.98 Å². The molecule has 5 heteroatoms. The number of benzene rings is 1. The van der Waals surface area contributed by atoms with Gasteiger partial charge in [0.25, 0.3) is 0 Å². The van der Waals surface area contributed by atoms with Gasteiger partial charge in [-0.3, -0.25) is 0 Å². The molecular formula is C13H15NO4. The number of hydrogen-bond donors (Lipinski definition) is 1.